The molecule has 0 unspecified atom stereocenters. The Morgan fingerprint density at radius 2 is 1.89 bits per heavy atom. The summed E-state index contributed by atoms with van der Waals surface area (Å²) in [4.78, 5) is 20.9. The molecule has 0 aliphatic heterocycles. The number of benzene rings is 1. The van der Waals surface area contributed by atoms with Crippen molar-refractivity contribution in [3.8, 4) is 0 Å². The summed E-state index contributed by atoms with van der Waals surface area (Å²) in [6.45, 7) is -0.235. The number of hydrogen-bond acceptors (Lipinski definition) is 4. The Hall–Kier alpha value is -2.22. The highest BCUT2D eigenvalue weighted by Gasteiger charge is 2.14. The fourth-order valence-corrected chi connectivity index (χ4v) is 1.29. The average Bonchev–Trinajstić information content (AvgIpc) is 2.30. The zero-order valence-electron chi connectivity index (χ0n) is 9.78. The number of nitrogens with two attached hydrogens (primary N) is 1. The van der Waals surface area contributed by atoms with Crippen molar-refractivity contribution in [3.63, 3.8) is 0 Å². The molecule has 0 aliphatic rings. The van der Waals surface area contributed by atoms with Crippen LogP contribution in [0.15, 0.2) is 12.1 Å². The number of primary amides is 1. The number of rotatable bonds is 7. The van der Waals surface area contributed by atoms with E-state index in [1.54, 1.807) is 0 Å². The van der Waals surface area contributed by atoms with Crippen LogP contribution in [0.5, 0.6) is 0 Å². The van der Waals surface area contributed by atoms with Crippen LogP contribution in [0.1, 0.15) is 10.4 Å². The summed E-state index contributed by atoms with van der Waals surface area (Å²) in [5, 5.41) is 11.0. The van der Waals surface area contributed by atoms with Crippen LogP contribution in [-0.2, 0) is 9.53 Å². The Morgan fingerprint density at radius 3 is 2.37 bits per heavy atom. The average molecular weight is 274 g/mol. The number of carboxylic acids is 1. The number of anilines is 1. The van der Waals surface area contributed by atoms with Crippen LogP contribution in [0.2, 0.25) is 0 Å². The molecular weight excluding hydrogens is 262 g/mol. The standard InChI is InChI=1S/C11H12F2N2O4/c12-7-3-6(11(17)18)4-8(13)10(7)15-1-2-19-5-9(14)16/h3-4,15H,1-2,5H2,(H2,14,16)(H,17,18). The summed E-state index contributed by atoms with van der Waals surface area (Å²) >= 11 is 0. The van der Waals surface area contributed by atoms with Gasteiger partial charge in [0.2, 0.25) is 5.91 Å². The molecule has 0 bridgehead atoms. The third-order valence-electron chi connectivity index (χ3n) is 2.08. The Kier molecular flexibility index (Phi) is 5.19. The zero-order valence-corrected chi connectivity index (χ0v) is 9.78. The van der Waals surface area contributed by atoms with Crippen LogP contribution in [0, 0.1) is 11.6 Å². The van der Waals surface area contributed by atoms with Gasteiger partial charge in [0.25, 0.3) is 0 Å². The van der Waals surface area contributed by atoms with E-state index >= 15 is 0 Å². The van der Waals surface area contributed by atoms with E-state index in [-0.39, 0.29) is 19.8 Å². The fraction of sp³-hybridized carbons (Fsp3) is 0.273. The molecule has 0 saturated carbocycles. The molecule has 0 fully saturated rings. The number of hydrogen-bond donors (Lipinski definition) is 3. The van der Waals surface area contributed by atoms with Gasteiger partial charge in [-0.1, -0.05) is 0 Å². The smallest absolute Gasteiger partial charge is 0.335 e. The van der Waals surface area contributed by atoms with Gasteiger partial charge in [0.15, 0.2) is 0 Å². The second-order valence-corrected chi connectivity index (χ2v) is 3.57. The van der Waals surface area contributed by atoms with Gasteiger partial charge in [-0.05, 0) is 12.1 Å². The number of aromatic carboxylic acids is 1. The predicted molar refractivity (Wildman–Crippen MR) is 61.8 cm³/mol. The van der Waals surface area contributed by atoms with Gasteiger partial charge in [0.05, 0.1) is 12.2 Å². The Balaban J connectivity index is 2.59. The van der Waals surface area contributed by atoms with Crippen LogP contribution in [0.4, 0.5) is 14.5 Å². The largest absolute Gasteiger partial charge is 0.478 e. The first-order chi connectivity index (χ1) is 8.91. The topological polar surface area (TPSA) is 102 Å². The SMILES string of the molecule is NC(=O)COCCNc1c(F)cc(C(=O)O)cc1F. The summed E-state index contributed by atoms with van der Waals surface area (Å²) in [5.74, 6) is -4.11. The molecular formula is C11H12F2N2O4. The molecule has 1 aromatic carbocycles. The van der Waals surface area contributed by atoms with E-state index < -0.39 is 34.8 Å². The third-order valence-corrected chi connectivity index (χ3v) is 2.08. The van der Waals surface area contributed by atoms with Crippen molar-refractivity contribution in [1.82, 2.24) is 0 Å². The maximum absolute atomic E-state index is 13.4. The second-order valence-electron chi connectivity index (χ2n) is 3.57. The molecule has 0 radical (unpaired) electrons. The molecule has 1 aromatic rings. The van der Waals surface area contributed by atoms with Gasteiger partial charge >= 0.3 is 5.97 Å². The Labute approximate surface area is 107 Å². The molecule has 8 heteroatoms. The van der Waals surface area contributed by atoms with Gasteiger partial charge in [-0.15, -0.1) is 0 Å². The van der Waals surface area contributed by atoms with E-state index in [2.05, 4.69) is 5.32 Å². The van der Waals surface area contributed by atoms with Gasteiger partial charge < -0.3 is 20.9 Å². The summed E-state index contributed by atoms with van der Waals surface area (Å²) < 4.78 is 31.6. The van der Waals surface area contributed by atoms with Crippen molar-refractivity contribution in [2.45, 2.75) is 0 Å². The van der Waals surface area contributed by atoms with Crippen LogP contribution in [-0.4, -0.2) is 36.7 Å². The molecule has 0 atom stereocenters. The van der Waals surface area contributed by atoms with Gasteiger partial charge in [0.1, 0.15) is 23.9 Å². The van der Waals surface area contributed by atoms with Crippen molar-refractivity contribution in [2.24, 2.45) is 5.73 Å². The Morgan fingerprint density at radius 1 is 1.32 bits per heavy atom. The van der Waals surface area contributed by atoms with Crippen LogP contribution < -0.4 is 11.1 Å². The molecule has 0 spiro atoms. The number of halogens is 2. The van der Waals surface area contributed by atoms with E-state index in [9.17, 15) is 18.4 Å². The molecule has 6 nitrogen and oxygen atoms in total. The molecule has 0 aliphatic carbocycles. The zero-order chi connectivity index (χ0) is 14.4. The first-order valence-electron chi connectivity index (χ1n) is 5.24. The van der Waals surface area contributed by atoms with Crippen molar-refractivity contribution >= 4 is 17.6 Å². The number of carbonyl (C=O) groups is 2. The molecule has 0 heterocycles. The van der Waals surface area contributed by atoms with E-state index in [0.717, 1.165) is 0 Å². The molecule has 1 amide bonds. The molecule has 4 N–H and O–H groups in total. The first kappa shape index (κ1) is 14.8. The van der Waals surface area contributed by atoms with E-state index in [1.165, 1.54) is 0 Å². The maximum atomic E-state index is 13.4. The summed E-state index contributed by atoms with van der Waals surface area (Å²) in [7, 11) is 0. The minimum Gasteiger partial charge on any atom is -0.478 e. The van der Waals surface area contributed by atoms with Gasteiger partial charge in [-0.2, -0.15) is 0 Å². The van der Waals surface area contributed by atoms with Crippen molar-refractivity contribution in [2.75, 3.05) is 25.1 Å². The highest BCUT2D eigenvalue weighted by molar-refractivity contribution is 5.88. The highest BCUT2D eigenvalue weighted by Crippen LogP contribution is 2.20. The predicted octanol–water partition coefficient (Wildman–Crippen LogP) is 0.577. The molecule has 0 saturated heterocycles. The van der Waals surface area contributed by atoms with E-state index in [4.69, 9.17) is 15.6 Å². The first-order valence-corrected chi connectivity index (χ1v) is 5.24. The van der Waals surface area contributed by atoms with Crippen molar-refractivity contribution in [1.29, 1.82) is 0 Å². The third kappa shape index (κ3) is 4.51. The molecule has 1 rings (SSSR count). The number of amides is 1. The second kappa shape index (κ2) is 6.64. The molecule has 104 valence electrons. The van der Waals surface area contributed by atoms with Crippen LogP contribution in [0.3, 0.4) is 0 Å². The normalized spacial score (nSPS) is 10.2. The van der Waals surface area contributed by atoms with E-state index in [0.29, 0.717) is 12.1 Å². The molecule has 0 aromatic heterocycles. The fourth-order valence-electron chi connectivity index (χ4n) is 1.29. The van der Waals surface area contributed by atoms with Crippen molar-refractivity contribution in [3.05, 3.63) is 29.3 Å². The summed E-state index contributed by atoms with van der Waals surface area (Å²) in [6, 6.07) is 1.41. The monoisotopic (exact) mass is 274 g/mol. The van der Waals surface area contributed by atoms with Gasteiger partial charge in [-0.3, -0.25) is 4.79 Å². The minimum absolute atomic E-state index is 0.0164. The lowest BCUT2D eigenvalue weighted by Gasteiger charge is -2.09. The number of carboxylic acid groups (broad SMARTS) is 1. The lowest BCUT2D eigenvalue weighted by atomic mass is 10.2. The van der Waals surface area contributed by atoms with Crippen LogP contribution >= 0.6 is 0 Å². The van der Waals surface area contributed by atoms with E-state index in [1.807, 2.05) is 0 Å². The highest BCUT2D eigenvalue weighted by atomic mass is 19.1. The Bertz CT molecular complexity index is 471. The maximum Gasteiger partial charge on any atom is 0.335 e. The molecule has 19 heavy (non-hydrogen) atoms. The summed E-state index contributed by atoms with van der Waals surface area (Å²) in [6.07, 6.45) is 0. The number of carbonyl (C=O) groups excluding carboxylic acids is 1. The number of nitrogens with one attached hydrogen (secondary N) is 1. The summed E-state index contributed by atoms with van der Waals surface area (Å²) in [5.41, 5.74) is 3.89. The van der Waals surface area contributed by atoms with Crippen molar-refractivity contribution < 1.29 is 28.2 Å². The van der Waals surface area contributed by atoms with Gasteiger partial charge in [0, 0.05) is 6.54 Å². The lowest BCUT2D eigenvalue weighted by molar-refractivity contribution is -0.122. The lowest BCUT2D eigenvalue weighted by Crippen LogP contribution is -2.21. The number of ether oxygens (including phenoxy) is 1. The van der Waals surface area contributed by atoms with Gasteiger partial charge in [-0.25, -0.2) is 13.6 Å². The van der Waals surface area contributed by atoms with Crippen LogP contribution in [0.25, 0.3) is 0 Å². The quantitative estimate of drug-likeness (QED) is 0.631. The minimum atomic E-state index is -1.42.